The number of hydrogen-bond acceptors (Lipinski definition) is 3. The topological polar surface area (TPSA) is 51.0 Å². The van der Waals surface area contributed by atoms with Crippen LogP contribution in [-0.2, 0) is 6.54 Å². The molecule has 0 unspecified atom stereocenters. The first kappa shape index (κ1) is 14.0. The Morgan fingerprint density at radius 2 is 1.86 bits per heavy atom. The van der Waals surface area contributed by atoms with E-state index in [2.05, 4.69) is 10.3 Å². The Labute approximate surface area is 124 Å². The molecule has 0 bridgehead atoms. The van der Waals surface area contributed by atoms with Gasteiger partial charge in [-0.05, 0) is 38.0 Å². The first-order valence-electron chi connectivity index (χ1n) is 7.92. The van der Waals surface area contributed by atoms with Crippen molar-refractivity contribution in [1.29, 1.82) is 0 Å². The van der Waals surface area contributed by atoms with E-state index >= 15 is 0 Å². The highest BCUT2D eigenvalue weighted by Gasteiger charge is 2.17. The fraction of sp³-hybridized carbons (Fsp3) is 0.562. The number of hydrogen-bond donors (Lipinski definition) is 0. The Morgan fingerprint density at radius 3 is 2.57 bits per heavy atom. The molecule has 0 spiro atoms. The van der Waals surface area contributed by atoms with Gasteiger partial charge in [0.15, 0.2) is 0 Å². The zero-order valence-corrected chi connectivity index (χ0v) is 12.6. The van der Waals surface area contributed by atoms with Gasteiger partial charge in [0.1, 0.15) is 5.52 Å². The molecule has 1 aliphatic heterocycles. The van der Waals surface area contributed by atoms with E-state index < -0.39 is 0 Å². The second kappa shape index (κ2) is 6.24. The zero-order valence-electron chi connectivity index (χ0n) is 12.6. The van der Waals surface area contributed by atoms with Gasteiger partial charge in [0, 0.05) is 25.2 Å². The molecule has 3 rings (SSSR count). The monoisotopic (exact) mass is 286 g/mol. The van der Waals surface area contributed by atoms with Crippen molar-refractivity contribution in [1.82, 2.24) is 19.9 Å². The number of carbonyl (C=O) groups is 1. The maximum Gasteiger partial charge on any atom is 0.253 e. The maximum absolute atomic E-state index is 12.7. The van der Waals surface area contributed by atoms with E-state index in [-0.39, 0.29) is 5.91 Å². The number of fused-ring (bicyclic) bond motifs is 1. The van der Waals surface area contributed by atoms with E-state index in [0.29, 0.717) is 0 Å². The van der Waals surface area contributed by atoms with Crippen LogP contribution >= 0.6 is 0 Å². The number of likely N-dealkylation sites (tertiary alicyclic amines) is 1. The second-order valence-electron chi connectivity index (χ2n) is 5.67. The average molecular weight is 286 g/mol. The van der Waals surface area contributed by atoms with Gasteiger partial charge in [-0.25, -0.2) is 4.68 Å². The SMILES string of the molecule is CCn1nnc2cc(C(=O)N3CCCCCCC3)ccc21. The molecule has 2 heterocycles. The van der Waals surface area contributed by atoms with Crippen molar-refractivity contribution in [3.05, 3.63) is 23.8 Å². The summed E-state index contributed by atoms with van der Waals surface area (Å²) >= 11 is 0. The van der Waals surface area contributed by atoms with Gasteiger partial charge in [0.05, 0.1) is 5.52 Å². The van der Waals surface area contributed by atoms with Gasteiger partial charge in [-0.1, -0.05) is 24.5 Å². The molecule has 1 aliphatic rings. The van der Waals surface area contributed by atoms with Crippen molar-refractivity contribution in [3.8, 4) is 0 Å². The number of carbonyl (C=O) groups excluding carboxylic acids is 1. The summed E-state index contributed by atoms with van der Waals surface area (Å²) in [7, 11) is 0. The minimum Gasteiger partial charge on any atom is -0.339 e. The predicted molar refractivity (Wildman–Crippen MR) is 82.2 cm³/mol. The normalized spacial score (nSPS) is 16.7. The Hall–Kier alpha value is -1.91. The van der Waals surface area contributed by atoms with Crippen LogP contribution in [0, 0.1) is 0 Å². The molecule has 0 N–H and O–H groups in total. The van der Waals surface area contributed by atoms with Crippen LogP contribution < -0.4 is 0 Å². The molecule has 5 heteroatoms. The van der Waals surface area contributed by atoms with Crippen LogP contribution in [0.25, 0.3) is 11.0 Å². The molecular weight excluding hydrogens is 264 g/mol. The van der Waals surface area contributed by atoms with Crippen molar-refractivity contribution < 1.29 is 4.79 Å². The van der Waals surface area contributed by atoms with E-state index in [9.17, 15) is 4.79 Å². The number of aromatic nitrogens is 3. The molecule has 5 nitrogen and oxygen atoms in total. The summed E-state index contributed by atoms with van der Waals surface area (Å²) in [6, 6.07) is 5.73. The Kier molecular flexibility index (Phi) is 4.18. The van der Waals surface area contributed by atoms with E-state index in [0.717, 1.165) is 49.1 Å². The fourth-order valence-corrected chi connectivity index (χ4v) is 2.97. The lowest BCUT2D eigenvalue weighted by Gasteiger charge is -2.24. The molecule has 1 aromatic carbocycles. The van der Waals surface area contributed by atoms with Gasteiger partial charge in [-0.15, -0.1) is 5.10 Å². The highest BCUT2D eigenvalue weighted by Crippen LogP contribution is 2.17. The number of nitrogens with zero attached hydrogens (tertiary/aromatic N) is 4. The molecule has 2 aromatic rings. The van der Waals surface area contributed by atoms with E-state index in [1.54, 1.807) is 0 Å². The largest absolute Gasteiger partial charge is 0.339 e. The average Bonchev–Trinajstić information content (AvgIpc) is 2.88. The van der Waals surface area contributed by atoms with E-state index in [1.165, 1.54) is 19.3 Å². The van der Waals surface area contributed by atoms with Crippen molar-refractivity contribution in [2.24, 2.45) is 0 Å². The summed E-state index contributed by atoms with van der Waals surface area (Å²) in [5.41, 5.74) is 2.52. The van der Waals surface area contributed by atoms with Crippen LogP contribution in [-0.4, -0.2) is 38.9 Å². The minimum atomic E-state index is 0.129. The van der Waals surface area contributed by atoms with Crippen molar-refractivity contribution in [2.75, 3.05) is 13.1 Å². The molecular formula is C16H22N4O. The van der Waals surface area contributed by atoms with Crippen molar-refractivity contribution >= 4 is 16.9 Å². The summed E-state index contributed by atoms with van der Waals surface area (Å²) in [5.74, 6) is 0.129. The first-order valence-corrected chi connectivity index (χ1v) is 7.92. The third-order valence-corrected chi connectivity index (χ3v) is 4.20. The van der Waals surface area contributed by atoms with Crippen molar-refractivity contribution in [2.45, 2.75) is 45.6 Å². The van der Waals surface area contributed by atoms with Gasteiger partial charge in [0.2, 0.25) is 0 Å². The first-order chi connectivity index (χ1) is 10.3. The van der Waals surface area contributed by atoms with E-state index in [4.69, 9.17) is 0 Å². The standard InChI is InChI=1S/C16H22N4O/c1-2-20-15-9-8-13(12-14(15)17-18-20)16(21)19-10-6-4-3-5-7-11-19/h8-9,12H,2-7,10-11H2,1H3. The summed E-state index contributed by atoms with van der Waals surface area (Å²) in [5, 5.41) is 8.25. The lowest BCUT2D eigenvalue weighted by molar-refractivity contribution is 0.0742. The third-order valence-electron chi connectivity index (χ3n) is 4.20. The van der Waals surface area contributed by atoms with Gasteiger partial charge in [-0.2, -0.15) is 0 Å². The molecule has 1 fully saturated rings. The maximum atomic E-state index is 12.7. The highest BCUT2D eigenvalue weighted by atomic mass is 16.2. The molecule has 0 saturated carbocycles. The van der Waals surface area contributed by atoms with Crippen molar-refractivity contribution in [3.63, 3.8) is 0 Å². The molecule has 0 aliphatic carbocycles. The van der Waals surface area contributed by atoms with Crippen LogP contribution in [0.3, 0.4) is 0 Å². The van der Waals surface area contributed by atoms with Gasteiger partial charge < -0.3 is 4.90 Å². The smallest absolute Gasteiger partial charge is 0.253 e. The lowest BCUT2D eigenvalue weighted by Crippen LogP contribution is -2.33. The number of aryl methyl sites for hydroxylation is 1. The summed E-state index contributed by atoms with van der Waals surface area (Å²) in [6.45, 7) is 4.57. The Bertz CT molecular complexity index is 626. The number of amides is 1. The summed E-state index contributed by atoms with van der Waals surface area (Å²) < 4.78 is 1.85. The predicted octanol–water partition coefficient (Wildman–Crippen LogP) is 2.86. The van der Waals surface area contributed by atoms with Crippen LogP contribution in [0.1, 0.15) is 49.4 Å². The molecule has 112 valence electrons. The second-order valence-corrected chi connectivity index (χ2v) is 5.67. The molecule has 0 radical (unpaired) electrons. The van der Waals surface area contributed by atoms with Crippen LogP contribution in [0.5, 0.6) is 0 Å². The third kappa shape index (κ3) is 2.91. The molecule has 1 aromatic heterocycles. The Balaban J connectivity index is 1.83. The molecule has 21 heavy (non-hydrogen) atoms. The quantitative estimate of drug-likeness (QED) is 0.853. The zero-order chi connectivity index (χ0) is 14.7. The van der Waals surface area contributed by atoms with Crippen LogP contribution in [0.15, 0.2) is 18.2 Å². The van der Waals surface area contributed by atoms with Gasteiger partial charge in [0.25, 0.3) is 5.91 Å². The molecule has 1 amide bonds. The highest BCUT2D eigenvalue weighted by molar-refractivity contribution is 5.97. The van der Waals surface area contributed by atoms with Crippen LogP contribution in [0.2, 0.25) is 0 Å². The van der Waals surface area contributed by atoms with E-state index in [1.807, 2.05) is 34.7 Å². The molecule has 1 saturated heterocycles. The minimum absolute atomic E-state index is 0.129. The van der Waals surface area contributed by atoms with Crippen LogP contribution in [0.4, 0.5) is 0 Å². The van der Waals surface area contributed by atoms with Gasteiger partial charge in [-0.3, -0.25) is 4.79 Å². The molecule has 0 atom stereocenters. The number of rotatable bonds is 2. The number of benzene rings is 1. The summed E-state index contributed by atoms with van der Waals surface area (Å²) in [6.07, 6.45) is 5.98. The van der Waals surface area contributed by atoms with Gasteiger partial charge >= 0.3 is 0 Å². The fourth-order valence-electron chi connectivity index (χ4n) is 2.97. The Morgan fingerprint density at radius 1 is 1.14 bits per heavy atom. The lowest BCUT2D eigenvalue weighted by atomic mass is 10.1. The summed E-state index contributed by atoms with van der Waals surface area (Å²) in [4.78, 5) is 14.6.